The second-order valence-corrected chi connectivity index (χ2v) is 5.11. The van der Waals surface area contributed by atoms with Gasteiger partial charge in [0.05, 0.1) is 0 Å². The first kappa shape index (κ1) is 12.1. The van der Waals surface area contributed by atoms with E-state index in [2.05, 4.69) is 14.8 Å². The number of benzene rings is 1. The Hall–Kier alpha value is -1.91. The average molecular weight is 260 g/mol. The van der Waals surface area contributed by atoms with Crippen molar-refractivity contribution in [3.63, 3.8) is 0 Å². The van der Waals surface area contributed by atoms with Crippen LogP contribution in [0.5, 0.6) is 0 Å². The van der Waals surface area contributed by atoms with E-state index in [4.69, 9.17) is 5.73 Å². The largest absolute Gasteiger partial charge is 0.398 e. The fraction of sp³-hybridized carbons (Fsp3) is 0.429. The number of hydrogen-bond donors (Lipinski definition) is 1. The molecular formula is C14H17FN4. The van der Waals surface area contributed by atoms with E-state index in [9.17, 15) is 4.39 Å². The molecule has 1 saturated carbocycles. The molecule has 2 N–H and O–H groups in total. The minimum absolute atomic E-state index is 0.329. The summed E-state index contributed by atoms with van der Waals surface area (Å²) in [5, 5.41) is 8.40. The van der Waals surface area contributed by atoms with Gasteiger partial charge in [0, 0.05) is 17.3 Å². The van der Waals surface area contributed by atoms with Crippen LogP contribution in [0.1, 0.15) is 37.5 Å². The van der Waals surface area contributed by atoms with Crippen molar-refractivity contribution in [1.82, 2.24) is 14.8 Å². The van der Waals surface area contributed by atoms with Gasteiger partial charge in [0.25, 0.3) is 0 Å². The monoisotopic (exact) mass is 260 g/mol. The minimum Gasteiger partial charge on any atom is -0.398 e. The smallest absolute Gasteiger partial charge is 0.166 e. The zero-order valence-electron chi connectivity index (χ0n) is 10.9. The SMILES string of the molecule is Cc1nnc(-c2ccc(F)cc2N)n1C1CCCC1. The Morgan fingerprint density at radius 2 is 2.00 bits per heavy atom. The Morgan fingerprint density at radius 3 is 2.68 bits per heavy atom. The topological polar surface area (TPSA) is 56.7 Å². The van der Waals surface area contributed by atoms with E-state index in [0.717, 1.165) is 30.1 Å². The lowest BCUT2D eigenvalue weighted by atomic mass is 10.1. The molecule has 1 fully saturated rings. The Bertz CT molecular complexity index is 599. The van der Waals surface area contributed by atoms with Crippen LogP contribution in [0.2, 0.25) is 0 Å². The third kappa shape index (κ3) is 2.09. The predicted molar refractivity (Wildman–Crippen MR) is 72.1 cm³/mol. The summed E-state index contributed by atoms with van der Waals surface area (Å²) in [5.41, 5.74) is 7.08. The highest BCUT2D eigenvalue weighted by molar-refractivity contribution is 5.71. The zero-order valence-corrected chi connectivity index (χ0v) is 10.9. The van der Waals surface area contributed by atoms with Crippen LogP contribution in [0.3, 0.4) is 0 Å². The number of halogens is 1. The molecule has 1 aromatic heterocycles. The fourth-order valence-corrected chi connectivity index (χ4v) is 2.89. The van der Waals surface area contributed by atoms with Crippen LogP contribution in [-0.2, 0) is 0 Å². The highest BCUT2D eigenvalue weighted by Crippen LogP contribution is 2.35. The lowest BCUT2D eigenvalue weighted by Crippen LogP contribution is -2.09. The summed E-state index contributed by atoms with van der Waals surface area (Å²) in [6.45, 7) is 1.95. The molecule has 1 aliphatic rings. The lowest BCUT2D eigenvalue weighted by Gasteiger charge is -2.16. The van der Waals surface area contributed by atoms with Crippen LogP contribution in [-0.4, -0.2) is 14.8 Å². The molecule has 4 nitrogen and oxygen atoms in total. The van der Waals surface area contributed by atoms with Crippen LogP contribution >= 0.6 is 0 Å². The van der Waals surface area contributed by atoms with Gasteiger partial charge in [-0.25, -0.2) is 4.39 Å². The van der Waals surface area contributed by atoms with Gasteiger partial charge in [-0.15, -0.1) is 10.2 Å². The number of rotatable bonds is 2. The normalized spacial score (nSPS) is 16.1. The number of nitrogens with two attached hydrogens (primary N) is 1. The van der Waals surface area contributed by atoms with E-state index in [-0.39, 0.29) is 5.82 Å². The van der Waals surface area contributed by atoms with Crippen molar-refractivity contribution in [3.05, 3.63) is 29.8 Å². The molecule has 1 heterocycles. The molecule has 5 heteroatoms. The van der Waals surface area contributed by atoms with Crippen molar-refractivity contribution in [2.24, 2.45) is 0 Å². The first-order valence-electron chi connectivity index (χ1n) is 6.63. The zero-order chi connectivity index (χ0) is 13.4. The van der Waals surface area contributed by atoms with Crippen molar-refractivity contribution in [2.45, 2.75) is 38.6 Å². The van der Waals surface area contributed by atoms with E-state index in [1.165, 1.54) is 25.0 Å². The molecule has 0 saturated heterocycles. The predicted octanol–water partition coefficient (Wildman–Crippen LogP) is 3.09. The van der Waals surface area contributed by atoms with Gasteiger partial charge in [-0.05, 0) is 38.0 Å². The molecule has 3 rings (SSSR count). The number of aryl methyl sites for hydroxylation is 1. The molecule has 0 atom stereocenters. The molecule has 100 valence electrons. The van der Waals surface area contributed by atoms with E-state index in [1.54, 1.807) is 6.07 Å². The Balaban J connectivity index is 2.09. The molecule has 19 heavy (non-hydrogen) atoms. The molecule has 0 radical (unpaired) electrons. The van der Waals surface area contributed by atoms with Gasteiger partial charge in [0.15, 0.2) is 5.82 Å². The molecule has 0 amide bonds. The number of nitrogens with zero attached hydrogens (tertiary/aromatic N) is 3. The third-order valence-corrected chi connectivity index (χ3v) is 3.81. The van der Waals surface area contributed by atoms with Crippen molar-refractivity contribution >= 4 is 5.69 Å². The summed E-state index contributed by atoms with van der Waals surface area (Å²) in [6.07, 6.45) is 4.77. The number of anilines is 1. The van der Waals surface area contributed by atoms with Crippen molar-refractivity contribution in [1.29, 1.82) is 0 Å². The van der Waals surface area contributed by atoms with Gasteiger partial charge in [-0.1, -0.05) is 12.8 Å². The summed E-state index contributed by atoms with van der Waals surface area (Å²) in [4.78, 5) is 0. The van der Waals surface area contributed by atoms with Crippen molar-refractivity contribution < 1.29 is 4.39 Å². The quantitative estimate of drug-likeness (QED) is 0.844. The van der Waals surface area contributed by atoms with Gasteiger partial charge < -0.3 is 10.3 Å². The highest BCUT2D eigenvalue weighted by atomic mass is 19.1. The van der Waals surface area contributed by atoms with Gasteiger partial charge >= 0.3 is 0 Å². The van der Waals surface area contributed by atoms with Gasteiger partial charge in [0.2, 0.25) is 0 Å². The first-order chi connectivity index (χ1) is 9.16. The second-order valence-electron chi connectivity index (χ2n) is 5.11. The molecule has 0 spiro atoms. The molecule has 1 aromatic carbocycles. The Morgan fingerprint density at radius 1 is 1.26 bits per heavy atom. The van der Waals surface area contributed by atoms with E-state index < -0.39 is 0 Å². The standard InChI is InChI=1S/C14H17FN4/c1-9-17-18-14(19(9)11-4-2-3-5-11)12-7-6-10(15)8-13(12)16/h6-8,11H,2-5,16H2,1H3. The summed E-state index contributed by atoms with van der Waals surface area (Å²) in [6, 6.07) is 4.86. The maximum atomic E-state index is 13.1. The highest BCUT2D eigenvalue weighted by Gasteiger charge is 2.23. The minimum atomic E-state index is -0.329. The van der Waals surface area contributed by atoms with E-state index in [1.807, 2.05) is 6.92 Å². The second kappa shape index (κ2) is 4.64. The first-order valence-corrected chi connectivity index (χ1v) is 6.63. The van der Waals surface area contributed by atoms with E-state index in [0.29, 0.717) is 11.7 Å². The Labute approximate surface area is 111 Å². The van der Waals surface area contributed by atoms with E-state index >= 15 is 0 Å². The molecule has 0 unspecified atom stereocenters. The van der Waals surface area contributed by atoms with Gasteiger partial charge in [-0.2, -0.15) is 0 Å². The van der Waals surface area contributed by atoms with Crippen molar-refractivity contribution in [2.75, 3.05) is 5.73 Å². The number of nitrogen functional groups attached to an aromatic ring is 1. The number of hydrogen-bond acceptors (Lipinski definition) is 3. The average Bonchev–Trinajstić information content (AvgIpc) is 2.98. The van der Waals surface area contributed by atoms with Gasteiger partial charge in [0.1, 0.15) is 11.6 Å². The molecule has 1 aliphatic carbocycles. The van der Waals surface area contributed by atoms with Crippen LogP contribution in [0, 0.1) is 12.7 Å². The molecule has 2 aromatic rings. The molecule has 0 bridgehead atoms. The summed E-state index contributed by atoms with van der Waals surface area (Å²) < 4.78 is 15.3. The third-order valence-electron chi connectivity index (χ3n) is 3.81. The number of aromatic nitrogens is 3. The lowest BCUT2D eigenvalue weighted by molar-refractivity contribution is 0.510. The molecular weight excluding hydrogens is 243 g/mol. The summed E-state index contributed by atoms with van der Waals surface area (Å²) >= 11 is 0. The van der Waals surface area contributed by atoms with Crippen molar-refractivity contribution in [3.8, 4) is 11.4 Å². The fourth-order valence-electron chi connectivity index (χ4n) is 2.89. The van der Waals surface area contributed by atoms with Crippen LogP contribution < -0.4 is 5.73 Å². The summed E-state index contributed by atoms with van der Waals surface area (Å²) in [5.74, 6) is 1.32. The van der Waals surface area contributed by atoms with Crippen LogP contribution in [0.25, 0.3) is 11.4 Å². The maximum Gasteiger partial charge on any atom is 0.166 e. The van der Waals surface area contributed by atoms with Gasteiger partial charge in [-0.3, -0.25) is 0 Å². The Kier molecular flexibility index (Phi) is 2.97. The maximum absolute atomic E-state index is 13.1. The summed E-state index contributed by atoms with van der Waals surface area (Å²) in [7, 11) is 0. The molecule has 0 aliphatic heterocycles. The van der Waals surface area contributed by atoms with Crippen LogP contribution in [0.15, 0.2) is 18.2 Å². The van der Waals surface area contributed by atoms with Crippen LogP contribution in [0.4, 0.5) is 10.1 Å².